The molecular formula is C17H17BrClNO5S. The van der Waals surface area contributed by atoms with E-state index < -0.39 is 5.97 Å². The average Bonchev–Trinajstić information content (AvgIpc) is 2.86. The summed E-state index contributed by atoms with van der Waals surface area (Å²) in [5.74, 6) is -0.551. The van der Waals surface area contributed by atoms with Crippen molar-refractivity contribution >= 4 is 62.5 Å². The Morgan fingerprint density at radius 1 is 1.42 bits per heavy atom. The quantitative estimate of drug-likeness (QED) is 0.458. The van der Waals surface area contributed by atoms with Gasteiger partial charge in [-0.25, -0.2) is 4.79 Å². The van der Waals surface area contributed by atoms with Gasteiger partial charge in [0.25, 0.3) is 11.1 Å². The second kappa shape index (κ2) is 8.92. The maximum absolute atomic E-state index is 12.5. The van der Waals surface area contributed by atoms with Gasteiger partial charge < -0.3 is 9.47 Å². The van der Waals surface area contributed by atoms with Gasteiger partial charge in [-0.2, -0.15) is 0 Å². The van der Waals surface area contributed by atoms with E-state index >= 15 is 0 Å². The van der Waals surface area contributed by atoms with Crippen LogP contribution in [0.2, 0.25) is 5.02 Å². The zero-order chi connectivity index (χ0) is 19.4. The lowest BCUT2D eigenvalue weighted by molar-refractivity contribution is -0.142. The number of carbonyl (C=O) groups is 3. The number of hydrogen-bond acceptors (Lipinski definition) is 6. The van der Waals surface area contributed by atoms with Crippen molar-refractivity contribution in [2.24, 2.45) is 0 Å². The Labute approximate surface area is 169 Å². The highest BCUT2D eigenvalue weighted by Crippen LogP contribution is 2.38. The van der Waals surface area contributed by atoms with Crippen LogP contribution in [0.3, 0.4) is 0 Å². The third-order valence-corrected chi connectivity index (χ3v) is 5.49. The van der Waals surface area contributed by atoms with E-state index in [4.69, 9.17) is 16.3 Å². The summed E-state index contributed by atoms with van der Waals surface area (Å²) in [7, 11) is 1.26. The SMILES string of the molecule is CC[C@@H](C)N1C(=O)S/C(=C/c2cc(Cl)c(OCC(=O)OC)c(Br)c2)C1=O. The lowest BCUT2D eigenvalue weighted by atomic mass is 10.2. The second-order valence-electron chi connectivity index (χ2n) is 5.49. The molecule has 1 aromatic carbocycles. The topological polar surface area (TPSA) is 72.9 Å². The lowest BCUT2D eigenvalue weighted by Crippen LogP contribution is -2.36. The Morgan fingerprint density at radius 2 is 2.12 bits per heavy atom. The second-order valence-corrected chi connectivity index (χ2v) is 7.74. The molecule has 0 N–H and O–H groups in total. The van der Waals surface area contributed by atoms with Crippen LogP contribution in [0, 0.1) is 0 Å². The van der Waals surface area contributed by atoms with Gasteiger partial charge in [0.15, 0.2) is 12.4 Å². The van der Waals surface area contributed by atoms with Gasteiger partial charge in [-0.05, 0) is 64.8 Å². The average molecular weight is 463 g/mol. The molecular weight excluding hydrogens is 446 g/mol. The van der Waals surface area contributed by atoms with E-state index in [1.54, 1.807) is 18.2 Å². The van der Waals surface area contributed by atoms with Crippen LogP contribution in [-0.4, -0.2) is 41.8 Å². The van der Waals surface area contributed by atoms with E-state index in [2.05, 4.69) is 20.7 Å². The number of carbonyl (C=O) groups excluding carboxylic acids is 3. The Balaban J connectivity index is 2.25. The first kappa shape index (κ1) is 20.8. The number of thioether (sulfide) groups is 1. The standard InChI is InChI=1S/C17H17BrClNO5S/c1-4-9(2)20-16(22)13(26-17(20)23)7-10-5-11(18)15(12(19)6-10)25-8-14(21)24-3/h5-7,9H,4,8H2,1-3H3/b13-7+/t9-/m1/s1. The summed E-state index contributed by atoms with van der Waals surface area (Å²) in [4.78, 5) is 37.3. The third-order valence-electron chi connectivity index (χ3n) is 3.74. The van der Waals surface area contributed by atoms with Gasteiger partial charge in [-0.3, -0.25) is 14.5 Å². The number of imide groups is 1. The first-order valence-corrected chi connectivity index (χ1v) is 9.72. The maximum Gasteiger partial charge on any atom is 0.343 e. The van der Waals surface area contributed by atoms with Gasteiger partial charge in [-0.15, -0.1) is 0 Å². The van der Waals surface area contributed by atoms with Crippen LogP contribution >= 0.6 is 39.3 Å². The van der Waals surface area contributed by atoms with E-state index in [1.807, 2.05) is 13.8 Å². The van der Waals surface area contributed by atoms with E-state index in [0.717, 1.165) is 11.8 Å². The van der Waals surface area contributed by atoms with Crippen molar-refractivity contribution in [1.29, 1.82) is 0 Å². The van der Waals surface area contributed by atoms with Crippen LogP contribution in [0.4, 0.5) is 4.79 Å². The number of rotatable bonds is 6. The maximum atomic E-state index is 12.5. The number of benzene rings is 1. The molecule has 0 saturated carbocycles. The number of amides is 2. The van der Waals surface area contributed by atoms with Crippen molar-refractivity contribution in [3.63, 3.8) is 0 Å². The lowest BCUT2D eigenvalue weighted by Gasteiger charge is -2.19. The van der Waals surface area contributed by atoms with E-state index in [0.29, 0.717) is 27.1 Å². The Morgan fingerprint density at radius 3 is 2.69 bits per heavy atom. The molecule has 2 amide bonds. The molecule has 1 aliphatic rings. The van der Waals surface area contributed by atoms with Crippen LogP contribution in [0.15, 0.2) is 21.5 Å². The predicted octanol–water partition coefficient (Wildman–Crippen LogP) is 4.49. The first-order chi connectivity index (χ1) is 12.3. The number of hydrogen-bond donors (Lipinski definition) is 0. The normalized spacial score (nSPS) is 17.0. The third kappa shape index (κ3) is 4.61. The highest BCUT2D eigenvalue weighted by molar-refractivity contribution is 9.10. The molecule has 1 fully saturated rings. The van der Waals surface area contributed by atoms with Gasteiger partial charge in [0.05, 0.1) is 21.5 Å². The minimum absolute atomic E-state index is 0.155. The van der Waals surface area contributed by atoms with E-state index in [1.165, 1.54) is 12.0 Å². The molecule has 1 aromatic rings. The summed E-state index contributed by atoms with van der Waals surface area (Å²) >= 11 is 10.4. The van der Waals surface area contributed by atoms with Crippen molar-refractivity contribution in [2.45, 2.75) is 26.3 Å². The molecule has 0 aliphatic carbocycles. The molecule has 2 rings (SSSR count). The van der Waals surface area contributed by atoms with Gasteiger partial charge >= 0.3 is 5.97 Å². The molecule has 26 heavy (non-hydrogen) atoms. The van der Waals surface area contributed by atoms with Crippen molar-refractivity contribution in [1.82, 2.24) is 4.90 Å². The van der Waals surface area contributed by atoms with Crippen molar-refractivity contribution in [2.75, 3.05) is 13.7 Å². The summed E-state index contributed by atoms with van der Waals surface area (Å²) in [6.45, 7) is 3.48. The summed E-state index contributed by atoms with van der Waals surface area (Å²) in [6, 6.07) is 3.13. The van der Waals surface area contributed by atoms with Gasteiger partial charge in [0, 0.05) is 6.04 Å². The highest BCUT2D eigenvalue weighted by Gasteiger charge is 2.37. The zero-order valence-corrected chi connectivity index (χ0v) is 17.5. The molecule has 0 radical (unpaired) electrons. The molecule has 0 aromatic heterocycles. The summed E-state index contributed by atoms with van der Waals surface area (Å²) in [5, 5.41) is -0.0190. The molecule has 1 saturated heterocycles. The van der Waals surface area contributed by atoms with Crippen LogP contribution in [0.5, 0.6) is 5.75 Å². The van der Waals surface area contributed by atoms with Crippen LogP contribution < -0.4 is 4.74 Å². The molecule has 140 valence electrons. The van der Waals surface area contributed by atoms with Gasteiger partial charge in [-0.1, -0.05) is 18.5 Å². The first-order valence-electron chi connectivity index (χ1n) is 7.74. The van der Waals surface area contributed by atoms with Gasteiger partial charge in [0.1, 0.15) is 0 Å². The smallest absolute Gasteiger partial charge is 0.343 e. The fourth-order valence-corrected chi connectivity index (χ4v) is 4.10. The minimum Gasteiger partial charge on any atom is -0.479 e. The monoisotopic (exact) mass is 461 g/mol. The summed E-state index contributed by atoms with van der Waals surface area (Å²) < 4.78 is 10.4. The molecule has 1 heterocycles. The van der Waals surface area contributed by atoms with Crippen LogP contribution in [0.1, 0.15) is 25.8 Å². The molecule has 1 atom stereocenters. The Bertz CT molecular complexity index is 759. The van der Waals surface area contributed by atoms with Crippen molar-refractivity contribution < 1.29 is 23.9 Å². The minimum atomic E-state index is -0.532. The molecule has 9 heteroatoms. The molecule has 0 spiro atoms. The number of halogens is 2. The molecule has 6 nitrogen and oxygen atoms in total. The Hall–Kier alpha value is -1.51. The molecule has 0 bridgehead atoms. The number of nitrogens with zero attached hydrogens (tertiary/aromatic N) is 1. The van der Waals surface area contributed by atoms with Crippen molar-refractivity contribution in [3.8, 4) is 5.75 Å². The number of methoxy groups -OCH3 is 1. The highest BCUT2D eigenvalue weighted by atomic mass is 79.9. The summed E-state index contributed by atoms with van der Waals surface area (Å²) in [6.07, 6.45) is 2.29. The number of esters is 1. The van der Waals surface area contributed by atoms with Crippen molar-refractivity contribution in [3.05, 3.63) is 32.1 Å². The van der Waals surface area contributed by atoms with Crippen LogP contribution in [-0.2, 0) is 14.3 Å². The van der Waals surface area contributed by atoms with Gasteiger partial charge in [0.2, 0.25) is 0 Å². The van der Waals surface area contributed by atoms with E-state index in [-0.39, 0.29) is 28.8 Å². The van der Waals surface area contributed by atoms with Crippen LogP contribution in [0.25, 0.3) is 6.08 Å². The zero-order valence-electron chi connectivity index (χ0n) is 14.4. The molecule has 0 unspecified atom stereocenters. The van der Waals surface area contributed by atoms with E-state index in [9.17, 15) is 14.4 Å². The fraction of sp³-hybridized carbons (Fsp3) is 0.353. The summed E-state index contributed by atoms with van der Waals surface area (Å²) in [5.41, 5.74) is 0.627. The predicted molar refractivity (Wildman–Crippen MR) is 104 cm³/mol. The number of ether oxygens (including phenoxy) is 2. The fourth-order valence-electron chi connectivity index (χ4n) is 2.18. The Kier molecular flexibility index (Phi) is 7.14. The largest absolute Gasteiger partial charge is 0.479 e. The molecule has 1 aliphatic heterocycles.